The third-order valence-electron chi connectivity index (χ3n) is 12.0. The molecule has 1 aromatic heterocycles. The standard InChI is InChI=1S/C56H38N2O4/c59-53-51(47-23-12-16-36-14-2-4-18-43(36)47)54(60)56(62)52(55(53)61)57(39-31-27-37(28-32-39)42-22-11-15-35-13-1-3-17-41(35)42)40-33-29-38(30-34-40)44-19-5-8-24-48(44)58-49-25-9-6-20-45(49)46-21-7-10-26-50(46)58/h1-34,59-62H. The third kappa shape index (κ3) is 5.80. The van der Waals surface area contributed by atoms with Crippen molar-refractivity contribution in [2.75, 3.05) is 4.90 Å². The molecule has 6 nitrogen and oxygen atoms in total. The SMILES string of the molecule is Oc1c(O)c(N(c2ccc(-c3ccccc3-n3c4ccccc4c4ccccc43)cc2)c2ccc(-c3cccc4ccccc34)cc2)c(O)c(O)c1-c1cccc2ccccc12. The lowest BCUT2D eigenvalue weighted by atomic mass is 9.95. The van der Waals surface area contributed by atoms with Crippen molar-refractivity contribution in [3.63, 3.8) is 0 Å². The number of anilines is 3. The summed E-state index contributed by atoms with van der Waals surface area (Å²) in [6, 6.07) is 68.4. The summed E-state index contributed by atoms with van der Waals surface area (Å²) in [6.45, 7) is 0. The second-order valence-electron chi connectivity index (χ2n) is 15.5. The first-order valence-electron chi connectivity index (χ1n) is 20.5. The zero-order valence-corrected chi connectivity index (χ0v) is 33.3. The van der Waals surface area contributed by atoms with Gasteiger partial charge in [-0.2, -0.15) is 0 Å². The van der Waals surface area contributed by atoms with Crippen molar-refractivity contribution in [2.45, 2.75) is 0 Å². The van der Waals surface area contributed by atoms with Crippen molar-refractivity contribution in [3.05, 3.63) is 206 Å². The molecule has 0 amide bonds. The van der Waals surface area contributed by atoms with Crippen molar-refractivity contribution in [1.82, 2.24) is 4.57 Å². The van der Waals surface area contributed by atoms with Crippen LogP contribution in [0.4, 0.5) is 17.1 Å². The van der Waals surface area contributed by atoms with Crippen molar-refractivity contribution in [2.24, 2.45) is 0 Å². The largest absolute Gasteiger partial charge is 0.504 e. The topological polar surface area (TPSA) is 89.1 Å². The van der Waals surface area contributed by atoms with Gasteiger partial charge >= 0.3 is 0 Å². The van der Waals surface area contributed by atoms with Crippen LogP contribution < -0.4 is 4.90 Å². The molecule has 0 aliphatic rings. The minimum absolute atomic E-state index is 0.0659. The molecular weight excluding hydrogens is 765 g/mol. The molecule has 11 rings (SSSR count). The first-order valence-corrected chi connectivity index (χ1v) is 20.5. The average molecular weight is 803 g/mol. The maximum atomic E-state index is 12.0. The predicted octanol–water partition coefficient (Wildman–Crippen LogP) is 14.4. The molecule has 0 spiro atoms. The van der Waals surface area contributed by atoms with Gasteiger partial charge in [0.05, 0.1) is 22.3 Å². The molecule has 0 unspecified atom stereocenters. The minimum Gasteiger partial charge on any atom is -0.504 e. The minimum atomic E-state index is -0.581. The van der Waals surface area contributed by atoms with E-state index in [9.17, 15) is 20.4 Å². The van der Waals surface area contributed by atoms with Crippen LogP contribution >= 0.6 is 0 Å². The predicted molar refractivity (Wildman–Crippen MR) is 253 cm³/mol. The average Bonchev–Trinajstić information content (AvgIpc) is 3.67. The summed E-state index contributed by atoms with van der Waals surface area (Å²) in [5, 5.41) is 54.0. The first kappa shape index (κ1) is 36.6. The fourth-order valence-corrected chi connectivity index (χ4v) is 9.16. The van der Waals surface area contributed by atoms with Crippen LogP contribution in [-0.2, 0) is 0 Å². The molecule has 4 N–H and O–H groups in total. The fraction of sp³-hybridized carbons (Fsp3) is 0. The number of rotatable bonds is 7. The van der Waals surface area contributed by atoms with Gasteiger partial charge in [-0.1, -0.05) is 164 Å². The number of hydrogen-bond acceptors (Lipinski definition) is 5. The summed E-state index contributed by atoms with van der Waals surface area (Å²) in [5.41, 5.74) is 8.62. The van der Waals surface area contributed by atoms with Gasteiger partial charge in [0, 0.05) is 27.7 Å². The molecule has 62 heavy (non-hydrogen) atoms. The maximum absolute atomic E-state index is 12.0. The summed E-state index contributed by atoms with van der Waals surface area (Å²) in [4.78, 5) is 1.66. The van der Waals surface area contributed by atoms with Gasteiger partial charge in [-0.05, 0) is 86.3 Å². The number of aromatic nitrogens is 1. The monoisotopic (exact) mass is 802 g/mol. The maximum Gasteiger partial charge on any atom is 0.186 e. The molecule has 0 atom stereocenters. The Morgan fingerprint density at radius 3 is 1.29 bits per heavy atom. The molecule has 0 aliphatic carbocycles. The van der Waals surface area contributed by atoms with E-state index in [-0.39, 0.29) is 11.3 Å². The second kappa shape index (κ2) is 14.7. The molecule has 0 radical (unpaired) electrons. The fourth-order valence-electron chi connectivity index (χ4n) is 9.16. The van der Waals surface area contributed by atoms with E-state index in [1.165, 1.54) is 10.8 Å². The highest BCUT2D eigenvalue weighted by atomic mass is 16.3. The Balaban J connectivity index is 1.07. The quantitative estimate of drug-likeness (QED) is 0.0952. The van der Waals surface area contributed by atoms with E-state index in [2.05, 4.69) is 89.5 Å². The smallest absolute Gasteiger partial charge is 0.186 e. The Kier molecular flexibility index (Phi) is 8.65. The molecule has 11 aromatic rings. The highest BCUT2D eigenvalue weighted by Crippen LogP contribution is 2.59. The van der Waals surface area contributed by atoms with Crippen LogP contribution in [0.3, 0.4) is 0 Å². The van der Waals surface area contributed by atoms with Gasteiger partial charge in [-0.3, -0.25) is 0 Å². The summed E-state index contributed by atoms with van der Waals surface area (Å²) >= 11 is 0. The van der Waals surface area contributed by atoms with Crippen molar-refractivity contribution in [3.8, 4) is 62.1 Å². The van der Waals surface area contributed by atoms with E-state index in [0.717, 1.165) is 60.5 Å². The van der Waals surface area contributed by atoms with E-state index >= 15 is 0 Å². The lowest BCUT2D eigenvalue weighted by Crippen LogP contribution is -2.11. The molecule has 0 saturated carbocycles. The highest BCUT2D eigenvalue weighted by Gasteiger charge is 2.30. The molecule has 0 saturated heterocycles. The zero-order chi connectivity index (χ0) is 41.9. The van der Waals surface area contributed by atoms with Gasteiger partial charge in [-0.15, -0.1) is 0 Å². The number of aromatic hydroxyl groups is 4. The molecule has 1 heterocycles. The van der Waals surface area contributed by atoms with Gasteiger partial charge in [0.15, 0.2) is 23.0 Å². The van der Waals surface area contributed by atoms with Crippen LogP contribution in [0.2, 0.25) is 0 Å². The highest BCUT2D eigenvalue weighted by molar-refractivity contribution is 6.10. The van der Waals surface area contributed by atoms with Gasteiger partial charge in [-0.25, -0.2) is 0 Å². The van der Waals surface area contributed by atoms with Gasteiger partial charge < -0.3 is 29.9 Å². The number of benzene rings is 10. The van der Waals surface area contributed by atoms with Crippen LogP contribution in [0.1, 0.15) is 0 Å². The Labute approximate surface area is 357 Å². The number of phenols is 4. The molecule has 6 heteroatoms. The zero-order valence-electron chi connectivity index (χ0n) is 33.3. The Bertz CT molecular complexity index is 3420. The summed E-state index contributed by atoms with van der Waals surface area (Å²) < 4.78 is 2.30. The Morgan fingerprint density at radius 2 is 0.726 bits per heavy atom. The Hall–Kier alpha value is -8.48. The van der Waals surface area contributed by atoms with Crippen LogP contribution in [0, 0.1) is 0 Å². The number of para-hydroxylation sites is 3. The van der Waals surface area contributed by atoms with E-state index in [1.54, 1.807) is 11.0 Å². The van der Waals surface area contributed by atoms with Crippen LogP contribution in [0.25, 0.3) is 82.4 Å². The van der Waals surface area contributed by atoms with E-state index in [0.29, 0.717) is 16.9 Å². The van der Waals surface area contributed by atoms with E-state index in [1.807, 2.05) is 115 Å². The number of nitrogens with zero attached hydrogens (tertiary/aromatic N) is 2. The van der Waals surface area contributed by atoms with E-state index < -0.39 is 23.0 Å². The van der Waals surface area contributed by atoms with Gasteiger partial charge in [0.2, 0.25) is 0 Å². The van der Waals surface area contributed by atoms with Crippen LogP contribution in [0.15, 0.2) is 206 Å². The molecule has 296 valence electrons. The Morgan fingerprint density at radius 1 is 0.323 bits per heavy atom. The second-order valence-corrected chi connectivity index (χ2v) is 15.5. The molecule has 0 aliphatic heterocycles. The molecule has 10 aromatic carbocycles. The molecular formula is C56H38N2O4. The molecule has 0 bridgehead atoms. The molecule has 0 fully saturated rings. The van der Waals surface area contributed by atoms with Crippen LogP contribution in [-0.4, -0.2) is 25.0 Å². The number of hydrogen-bond donors (Lipinski definition) is 4. The number of fused-ring (bicyclic) bond motifs is 5. The summed E-state index contributed by atoms with van der Waals surface area (Å²) in [7, 11) is 0. The van der Waals surface area contributed by atoms with Crippen LogP contribution in [0.5, 0.6) is 23.0 Å². The van der Waals surface area contributed by atoms with Gasteiger partial charge in [0.1, 0.15) is 5.69 Å². The summed E-state index contributed by atoms with van der Waals surface area (Å²) in [5.74, 6) is -2.27. The van der Waals surface area contributed by atoms with Crippen molar-refractivity contribution in [1.29, 1.82) is 0 Å². The lowest BCUT2D eigenvalue weighted by molar-refractivity contribution is 0.377. The number of phenolic OH excluding ortho intramolecular Hbond substituents is 4. The van der Waals surface area contributed by atoms with Gasteiger partial charge in [0.25, 0.3) is 0 Å². The van der Waals surface area contributed by atoms with Crippen molar-refractivity contribution < 1.29 is 20.4 Å². The lowest BCUT2D eigenvalue weighted by Gasteiger charge is -2.28. The normalized spacial score (nSPS) is 11.5. The third-order valence-corrected chi connectivity index (χ3v) is 12.0. The summed E-state index contributed by atoms with van der Waals surface area (Å²) in [6.07, 6.45) is 0. The first-order chi connectivity index (χ1) is 30.5. The van der Waals surface area contributed by atoms with E-state index in [4.69, 9.17) is 0 Å². The van der Waals surface area contributed by atoms with Crippen molar-refractivity contribution >= 4 is 60.4 Å².